The zero-order valence-electron chi connectivity index (χ0n) is 12.6. The van der Waals surface area contributed by atoms with E-state index in [1.807, 2.05) is 24.3 Å². The molecule has 0 aromatic heterocycles. The standard InChI is InChI=1S/C16H24BrNO3/c1-19-11-8-18-12-16(6-9-20-13-16)7-10-21-15-4-2-14(17)3-5-15/h2-5,18H,6-13H2,1H3. The molecule has 21 heavy (non-hydrogen) atoms. The monoisotopic (exact) mass is 357 g/mol. The Morgan fingerprint density at radius 1 is 1.29 bits per heavy atom. The van der Waals surface area contributed by atoms with Crippen LogP contribution in [0.5, 0.6) is 5.75 Å². The summed E-state index contributed by atoms with van der Waals surface area (Å²) < 4.78 is 17.6. The molecule has 1 aliphatic heterocycles. The molecular weight excluding hydrogens is 334 g/mol. The van der Waals surface area contributed by atoms with Gasteiger partial charge >= 0.3 is 0 Å². The smallest absolute Gasteiger partial charge is 0.119 e. The van der Waals surface area contributed by atoms with Gasteiger partial charge in [-0.2, -0.15) is 0 Å². The van der Waals surface area contributed by atoms with Crippen LogP contribution in [0.2, 0.25) is 0 Å². The Kier molecular flexibility index (Phi) is 6.96. The second-order valence-electron chi connectivity index (χ2n) is 5.52. The van der Waals surface area contributed by atoms with Crippen molar-refractivity contribution in [1.29, 1.82) is 0 Å². The van der Waals surface area contributed by atoms with Gasteiger partial charge in [-0.1, -0.05) is 15.9 Å². The molecule has 5 heteroatoms. The highest BCUT2D eigenvalue weighted by molar-refractivity contribution is 9.10. The number of halogens is 1. The molecule has 0 aliphatic carbocycles. The predicted octanol–water partition coefficient (Wildman–Crippen LogP) is 2.86. The SMILES string of the molecule is COCCNCC1(CCOc2ccc(Br)cc2)CCOC1. The lowest BCUT2D eigenvalue weighted by atomic mass is 9.84. The second kappa shape index (κ2) is 8.73. The molecule has 0 saturated carbocycles. The highest BCUT2D eigenvalue weighted by Gasteiger charge is 2.34. The summed E-state index contributed by atoms with van der Waals surface area (Å²) in [5.74, 6) is 0.916. The molecule has 1 heterocycles. The first-order chi connectivity index (χ1) is 10.2. The van der Waals surface area contributed by atoms with Gasteiger partial charge in [0.05, 0.1) is 19.8 Å². The number of hydrogen-bond acceptors (Lipinski definition) is 4. The third-order valence-electron chi connectivity index (χ3n) is 3.88. The molecule has 0 radical (unpaired) electrons. The van der Waals surface area contributed by atoms with Crippen molar-refractivity contribution in [3.8, 4) is 5.75 Å². The summed E-state index contributed by atoms with van der Waals surface area (Å²) in [4.78, 5) is 0. The van der Waals surface area contributed by atoms with Crippen molar-refractivity contribution < 1.29 is 14.2 Å². The highest BCUT2D eigenvalue weighted by Crippen LogP contribution is 2.32. The Morgan fingerprint density at radius 2 is 2.10 bits per heavy atom. The summed E-state index contributed by atoms with van der Waals surface area (Å²) in [5, 5.41) is 3.46. The third kappa shape index (κ3) is 5.58. The molecule has 1 fully saturated rings. The van der Waals surface area contributed by atoms with Crippen LogP contribution in [0.3, 0.4) is 0 Å². The first-order valence-electron chi connectivity index (χ1n) is 7.40. The van der Waals surface area contributed by atoms with Crippen LogP contribution in [0.25, 0.3) is 0 Å². The largest absolute Gasteiger partial charge is 0.494 e. The van der Waals surface area contributed by atoms with Gasteiger partial charge in [-0.15, -0.1) is 0 Å². The molecule has 1 saturated heterocycles. The molecule has 2 rings (SSSR count). The molecule has 0 bridgehead atoms. The van der Waals surface area contributed by atoms with E-state index >= 15 is 0 Å². The van der Waals surface area contributed by atoms with Gasteiger partial charge < -0.3 is 19.5 Å². The average molecular weight is 358 g/mol. The minimum absolute atomic E-state index is 0.198. The van der Waals surface area contributed by atoms with Crippen molar-refractivity contribution in [2.75, 3.05) is 46.6 Å². The quantitative estimate of drug-likeness (QED) is 0.689. The van der Waals surface area contributed by atoms with Crippen LogP contribution in [0.15, 0.2) is 28.7 Å². The molecule has 1 N–H and O–H groups in total. The maximum absolute atomic E-state index is 5.85. The lowest BCUT2D eigenvalue weighted by Gasteiger charge is -2.27. The van der Waals surface area contributed by atoms with E-state index in [1.54, 1.807) is 7.11 Å². The summed E-state index contributed by atoms with van der Waals surface area (Å²) in [6.45, 7) is 4.97. The number of methoxy groups -OCH3 is 1. The summed E-state index contributed by atoms with van der Waals surface area (Å²) >= 11 is 3.43. The van der Waals surface area contributed by atoms with Crippen LogP contribution < -0.4 is 10.1 Å². The van der Waals surface area contributed by atoms with Gasteiger partial charge in [0.2, 0.25) is 0 Å². The summed E-state index contributed by atoms with van der Waals surface area (Å²) in [6, 6.07) is 7.96. The van der Waals surface area contributed by atoms with Crippen molar-refractivity contribution in [3.05, 3.63) is 28.7 Å². The van der Waals surface area contributed by atoms with Gasteiger partial charge in [-0.25, -0.2) is 0 Å². The van der Waals surface area contributed by atoms with E-state index in [0.29, 0.717) is 0 Å². The van der Waals surface area contributed by atoms with Crippen LogP contribution in [-0.2, 0) is 9.47 Å². The van der Waals surface area contributed by atoms with Crippen molar-refractivity contribution in [3.63, 3.8) is 0 Å². The van der Waals surface area contributed by atoms with E-state index < -0.39 is 0 Å². The molecule has 0 spiro atoms. The van der Waals surface area contributed by atoms with Gasteiger partial charge in [0.25, 0.3) is 0 Å². The Morgan fingerprint density at radius 3 is 2.76 bits per heavy atom. The topological polar surface area (TPSA) is 39.7 Å². The van der Waals surface area contributed by atoms with Crippen molar-refractivity contribution in [2.24, 2.45) is 5.41 Å². The number of rotatable bonds is 9. The Labute approximate surface area is 135 Å². The number of hydrogen-bond donors (Lipinski definition) is 1. The van der Waals surface area contributed by atoms with E-state index in [0.717, 1.165) is 62.6 Å². The molecule has 1 unspecified atom stereocenters. The fourth-order valence-electron chi connectivity index (χ4n) is 2.52. The van der Waals surface area contributed by atoms with Gasteiger partial charge in [-0.3, -0.25) is 0 Å². The van der Waals surface area contributed by atoms with Crippen LogP contribution in [0, 0.1) is 5.41 Å². The summed E-state index contributed by atoms with van der Waals surface area (Å²) in [5.41, 5.74) is 0.198. The van der Waals surface area contributed by atoms with E-state index in [9.17, 15) is 0 Å². The van der Waals surface area contributed by atoms with Crippen LogP contribution >= 0.6 is 15.9 Å². The summed E-state index contributed by atoms with van der Waals surface area (Å²) in [6.07, 6.45) is 2.10. The van der Waals surface area contributed by atoms with E-state index in [-0.39, 0.29) is 5.41 Å². The van der Waals surface area contributed by atoms with E-state index in [1.165, 1.54) is 0 Å². The van der Waals surface area contributed by atoms with Gasteiger partial charge in [0.15, 0.2) is 0 Å². The minimum atomic E-state index is 0.198. The summed E-state index contributed by atoms with van der Waals surface area (Å²) in [7, 11) is 1.72. The first-order valence-corrected chi connectivity index (χ1v) is 8.19. The minimum Gasteiger partial charge on any atom is -0.494 e. The lowest BCUT2D eigenvalue weighted by molar-refractivity contribution is 0.125. The van der Waals surface area contributed by atoms with Gasteiger partial charge in [0.1, 0.15) is 5.75 Å². The van der Waals surface area contributed by atoms with E-state index in [2.05, 4.69) is 21.2 Å². The van der Waals surface area contributed by atoms with Crippen LogP contribution in [-0.4, -0.2) is 46.6 Å². The van der Waals surface area contributed by atoms with Gasteiger partial charge in [-0.05, 0) is 37.1 Å². The molecule has 0 amide bonds. The zero-order valence-corrected chi connectivity index (χ0v) is 14.2. The third-order valence-corrected chi connectivity index (χ3v) is 4.41. The normalized spacial score (nSPS) is 21.6. The van der Waals surface area contributed by atoms with Crippen molar-refractivity contribution >= 4 is 15.9 Å². The fourth-order valence-corrected chi connectivity index (χ4v) is 2.78. The zero-order chi connectivity index (χ0) is 15.0. The lowest BCUT2D eigenvalue weighted by Crippen LogP contribution is -2.37. The highest BCUT2D eigenvalue weighted by atomic mass is 79.9. The number of ether oxygens (including phenoxy) is 3. The Bertz CT molecular complexity index is 404. The average Bonchev–Trinajstić information content (AvgIpc) is 2.95. The Balaban J connectivity index is 1.75. The maximum atomic E-state index is 5.85. The number of benzene rings is 1. The Hall–Kier alpha value is -0.620. The molecule has 1 aromatic carbocycles. The fraction of sp³-hybridized carbons (Fsp3) is 0.625. The predicted molar refractivity (Wildman–Crippen MR) is 86.9 cm³/mol. The number of nitrogens with one attached hydrogen (secondary N) is 1. The first kappa shape index (κ1) is 16.7. The molecular formula is C16H24BrNO3. The maximum Gasteiger partial charge on any atom is 0.119 e. The molecule has 118 valence electrons. The molecule has 1 aliphatic rings. The van der Waals surface area contributed by atoms with Crippen molar-refractivity contribution in [2.45, 2.75) is 12.8 Å². The van der Waals surface area contributed by atoms with Crippen LogP contribution in [0.1, 0.15) is 12.8 Å². The van der Waals surface area contributed by atoms with Crippen LogP contribution in [0.4, 0.5) is 0 Å². The molecule has 1 atom stereocenters. The van der Waals surface area contributed by atoms with E-state index in [4.69, 9.17) is 14.2 Å². The molecule has 1 aromatic rings. The second-order valence-corrected chi connectivity index (χ2v) is 6.44. The van der Waals surface area contributed by atoms with Gasteiger partial charge in [0, 0.05) is 36.7 Å². The van der Waals surface area contributed by atoms with Crippen molar-refractivity contribution in [1.82, 2.24) is 5.32 Å². The molecule has 4 nitrogen and oxygen atoms in total.